The van der Waals surface area contributed by atoms with E-state index in [0.717, 1.165) is 11.4 Å². The molecule has 0 aliphatic heterocycles. The van der Waals surface area contributed by atoms with Crippen molar-refractivity contribution < 1.29 is 25.9 Å². The van der Waals surface area contributed by atoms with E-state index in [2.05, 4.69) is 4.93 Å². The minimum atomic E-state index is 0.0890. The average molecular weight is 264 g/mol. The standard InChI is InChI=1S/C8H11INO/c1-9-7-4-3-6(11-2)5-8(7)10/h3-5H,10H2,1-2H3/q-1. The minimum absolute atomic E-state index is 0.0890. The van der Waals surface area contributed by atoms with E-state index in [9.17, 15) is 0 Å². The summed E-state index contributed by atoms with van der Waals surface area (Å²) in [6.07, 6.45) is 0. The van der Waals surface area contributed by atoms with Gasteiger partial charge in [0.05, 0.1) is 0 Å². The molecular formula is C8H11INO-. The molecule has 1 aromatic rings. The topological polar surface area (TPSA) is 35.2 Å². The Kier molecular flexibility index (Phi) is 2.99. The van der Waals surface area contributed by atoms with Crippen molar-refractivity contribution in [3.05, 3.63) is 21.8 Å². The second-order valence-electron chi connectivity index (χ2n) is 2.08. The molecule has 0 aromatic heterocycles. The van der Waals surface area contributed by atoms with Crippen LogP contribution in [0.3, 0.4) is 0 Å². The van der Waals surface area contributed by atoms with Crippen molar-refractivity contribution in [2.75, 3.05) is 17.8 Å². The molecule has 0 aliphatic carbocycles. The van der Waals surface area contributed by atoms with Gasteiger partial charge in [0, 0.05) is 0 Å². The van der Waals surface area contributed by atoms with Crippen molar-refractivity contribution in [3.63, 3.8) is 0 Å². The molecule has 0 fully saturated rings. The fourth-order valence-electron chi connectivity index (χ4n) is 0.821. The fourth-order valence-corrected chi connectivity index (χ4v) is 2.14. The van der Waals surface area contributed by atoms with E-state index in [1.165, 1.54) is 3.57 Å². The van der Waals surface area contributed by atoms with Gasteiger partial charge in [-0.1, -0.05) is 0 Å². The number of benzene rings is 1. The number of methoxy groups -OCH3 is 1. The Morgan fingerprint density at radius 1 is 1.45 bits per heavy atom. The molecule has 62 valence electrons. The first-order chi connectivity index (χ1) is 5.27. The van der Waals surface area contributed by atoms with Gasteiger partial charge in [0.2, 0.25) is 0 Å². The van der Waals surface area contributed by atoms with Gasteiger partial charge in [-0.05, 0) is 0 Å². The second kappa shape index (κ2) is 3.80. The van der Waals surface area contributed by atoms with Crippen molar-refractivity contribution >= 4 is 5.69 Å². The van der Waals surface area contributed by atoms with Gasteiger partial charge in [0.1, 0.15) is 0 Å². The monoisotopic (exact) mass is 264 g/mol. The Morgan fingerprint density at radius 2 is 2.18 bits per heavy atom. The van der Waals surface area contributed by atoms with E-state index in [1.807, 2.05) is 18.2 Å². The van der Waals surface area contributed by atoms with Crippen LogP contribution in [0, 0.1) is 3.57 Å². The molecule has 0 radical (unpaired) electrons. The third-order valence-electron chi connectivity index (χ3n) is 1.41. The van der Waals surface area contributed by atoms with Crippen LogP contribution in [0.15, 0.2) is 18.2 Å². The fraction of sp³-hybridized carbons (Fsp3) is 0.250. The molecule has 3 heteroatoms. The van der Waals surface area contributed by atoms with Crippen LogP contribution in [-0.4, -0.2) is 12.0 Å². The van der Waals surface area contributed by atoms with E-state index in [-0.39, 0.29) is 21.2 Å². The van der Waals surface area contributed by atoms with E-state index in [1.54, 1.807) is 7.11 Å². The Morgan fingerprint density at radius 3 is 2.64 bits per heavy atom. The molecule has 0 unspecified atom stereocenters. The number of nitrogen functional groups attached to an aromatic ring is 1. The van der Waals surface area contributed by atoms with Crippen LogP contribution in [0.2, 0.25) is 0 Å². The van der Waals surface area contributed by atoms with Crippen LogP contribution in [0.5, 0.6) is 5.75 Å². The molecule has 0 saturated carbocycles. The van der Waals surface area contributed by atoms with Crippen LogP contribution in [0.25, 0.3) is 0 Å². The normalized spacial score (nSPS) is 10.0. The van der Waals surface area contributed by atoms with Gasteiger partial charge in [-0.2, -0.15) is 0 Å². The zero-order chi connectivity index (χ0) is 8.27. The third-order valence-corrected chi connectivity index (χ3v) is 3.55. The first kappa shape index (κ1) is 8.64. The molecule has 0 aliphatic rings. The number of rotatable bonds is 2. The molecule has 0 atom stereocenters. The molecule has 2 nitrogen and oxygen atoms in total. The average Bonchev–Trinajstić information content (AvgIpc) is 2.04. The number of hydrogen-bond acceptors (Lipinski definition) is 2. The van der Waals surface area contributed by atoms with Crippen molar-refractivity contribution in [3.8, 4) is 5.75 Å². The van der Waals surface area contributed by atoms with E-state index >= 15 is 0 Å². The van der Waals surface area contributed by atoms with Crippen LogP contribution in [-0.2, 0) is 0 Å². The number of alkyl halides is 1. The first-order valence-electron chi connectivity index (χ1n) is 3.21. The summed E-state index contributed by atoms with van der Waals surface area (Å²) >= 11 is 0.0890. The summed E-state index contributed by atoms with van der Waals surface area (Å²) in [5, 5.41) is 0. The van der Waals surface area contributed by atoms with Gasteiger partial charge < -0.3 is 0 Å². The molecular weight excluding hydrogens is 253 g/mol. The molecule has 2 N–H and O–H groups in total. The van der Waals surface area contributed by atoms with Crippen LogP contribution >= 0.6 is 0 Å². The van der Waals surface area contributed by atoms with Crippen LogP contribution in [0.4, 0.5) is 5.69 Å². The molecule has 0 spiro atoms. The number of hydrogen-bond donors (Lipinski definition) is 1. The number of halogens is 1. The number of nitrogens with two attached hydrogens (primary N) is 1. The number of ether oxygens (including phenoxy) is 1. The maximum absolute atomic E-state index is 5.75. The van der Waals surface area contributed by atoms with Crippen LogP contribution < -0.4 is 31.7 Å². The van der Waals surface area contributed by atoms with E-state index < -0.39 is 0 Å². The predicted octanol–water partition coefficient (Wildman–Crippen LogP) is -1.83. The summed E-state index contributed by atoms with van der Waals surface area (Å²) in [5.74, 6) is 0.837. The molecule has 11 heavy (non-hydrogen) atoms. The zero-order valence-electron chi connectivity index (χ0n) is 6.60. The maximum atomic E-state index is 5.75. The van der Waals surface area contributed by atoms with Crippen molar-refractivity contribution in [1.29, 1.82) is 0 Å². The Bertz CT molecular complexity index is 250. The Labute approximate surface area is 77.0 Å². The van der Waals surface area contributed by atoms with E-state index in [0.29, 0.717) is 0 Å². The molecule has 0 bridgehead atoms. The van der Waals surface area contributed by atoms with Gasteiger partial charge >= 0.3 is 76.9 Å². The first-order valence-corrected chi connectivity index (χ1v) is 6.44. The number of anilines is 1. The Hall–Kier alpha value is -0.450. The van der Waals surface area contributed by atoms with E-state index in [4.69, 9.17) is 10.5 Å². The quantitative estimate of drug-likeness (QED) is 0.387. The summed E-state index contributed by atoms with van der Waals surface area (Å²) in [5.41, 5.74) is 6.62. The van der Waals surface area contributed by atoms with Crippen molar-refractivity contribution in [2.45, 2.75) is 0 Å². The summed E-state index contributed by atoms with van der Waals surface area (Å²) in [4.78, 5) is 2.19. The zero-order valence-corrected chi connectivity index (χ0v) is 8.75. The molecule has 0 saturated heterocycles. The molecule has 1 aromatic carbocycles. The van der Waals surface area contributed by atoms with Gasteiger partial charge in [0.15, 0.2) is 0 Å². The van der Waals surface area contributed by atoms with Crippen molar-refractivity contribution in [2.24, 2.45) is 0 Å². The molecule has 0 heterocycles. The van der Waals surface area contributed by atoms with Crippen LogP contribution in [0.1, 0.15) is 0 Å². The molecule has 1 rings (SSSR count). The Balaban J connectivity index is 2.99. The summed E-state index contributed by atoms with van der Waals surface area (Å²) in [6, 6.07) is 5.87. The van der Waals surface area contributed by atoms with Gasteiger partial charge in [0.25, 0.3) is 0 Å². The second-order valence-corrected chi connectivity index (χ2v) is 4.32. The van der Waals surface area contributed by atoms with Gasteiger partial charge in [-0.15, -0.1) is 0 Å². The summed E-state index contributed by atoms with van der Waals surface area (Å²) in [6.45, 7) is 0. The SMILES string of the molecule is COc1ccc([I-]C)c(N)c1. The van der Waals surface area contributed by atoms with Gasteiger partial charge in [-0.25, -0.2) is 0 Å². The summed E-state index contributed by atoms with van der Waals surface area (Å²) in [7, 11) is 1.65. The third kappa shape index (κ3) is 1.99. The summed E-state index contributed by atoms with van der Waals surface area (Å²) < 4.78 is 6.31. The van der Waals surface area contributed by atoms with Crippen molar-refractivity contribution in [1.82, 2.24) is 0 Å². The molecule has 0 amide bonds. The van der Waals surface area contributed by atoms with Gasteiger partial charge in [-0.3, -0.25) is 0 Å². The predicted molar refractivity (Wildman–Crippen MR) is 42.0 cm³/mol.